The largest absolute Gasteiger partial charge is 0.461 e. The smallest absolute Gasteiger partial charge is 0.306 e. The Balaban J connectivity index is 1.52. The van der Waals surface area contributed by atoms with Crippen LogP contribution >= 0.6 is 23.2 Å². The Morgan fingerprint density at radius 1 is 1.13 bits per heavy atom. The van der Waals surface area contributed by atoms with Gasteiger partial charge in [-0.1, -0.05) is 41.4 Å². The van der Waals surface area contributed by atoms with Crippen LogP contribution in [-0.2, 0) is 22.6 Å². The SMILES string of the molecule is O=C(CCc1nc2ccccc2o1)OCc1ccc(Cl)c(Cl)c1. The molecule has 118 valence electrons. The van der Waals surface area contributed by atoms with Crippen LogP contribution in [-0.4, -0.2) is 11.0 Å². The van der Waals surface area contributed by atoms with E-state index in [0.29, 0.717) is 27.9 Å². The number of para-hydroxylation sites is 2. The van der Waals surface area contributed by atoms with Crippen molar-refractivity contribution in [3.8, 4) is 0 Å². The molecule has 0 saturated heterocycles. The average Bonchev–Trinajstić information content (AvgIpc) is 2.97. The third kappa shape index (κ3) is 4.03. The summed E-state index contributed by atoms with van der Waals surface area (Å²) in [5.41, 5.74) is 2.29. The van der Waals surface area contributed by atoms with E-state index in [9.17, 15) is 4.79 Å². The fourth-order valence-corrected chi connectivity index (χ4v) is 2.42. The van der Waals surface area contributed by atoms with E-state index in [1.54, 1.807) is 18.2 Å². The summed E-state index contributed by atoms with van der Waals surface area (Å²) in [6.07, 6.45) is 0.600. The fraction of sp³-hybridized carbons (Fsp3) is 0.176. The van der Waals surface area contributed by atoms with Gasteiger partial charge in [0.2, 0.25) is 0 Å². The summed E-state index contributed by atoms with van der Waals surface area (Å²) in [5, 5.41) is 0.907. The van der Waals surface area contributed by atoms with Gasteiger partial charge in [-0.2, -0.15) is 0 Å². The molecule has 1 heterocycles. The number of carbonyl (C=O) groups excluding carboxylic acids is 1. The first-order valence-electron chi connectivity index (χ1n) is 7.06. The topological polar surface area (TPSA) is 52.3 Å². The van der Waals surface area contributed by atoms with Gasteiger partial charge in [0.1, 0.15) is 12.1 Å². The van der Waals surface area contributed by atoms with Crippen LogP contribution in [0.1, 0.15) is 17.9 Å². The van der Waals surface area contributed by atoms with E-state index in [4.69, 9.17) is 32.4 Å². The van der Waals surface area contributed by atoms with E-state index in [1.165, 1.54) is 0 Å². The average molecular weight is 350 g/mol. The molecule has 0 atom stereocenters. The van der Waals surface area contributed by atoms with E-state index < -0.39 is 0 Å². The maximum Gasteiger partial charge on any atom is 0.306 e. The number of halogens is 2. The number of esters is 1. The summed E-state index contributed by atoms with van der Waals surface area (Å²) in [4.78, 5) is 16.1. The second-order valence-corrected chi connectivity index (χ2v) is 5.80. The molecule has 1 aromatic heterocycles. The van der Waals surface area contributed by atoms with Gasteiger partial charge in [0.25, 0.3) is 0 Å². The standard InChI is InChI=1S/C17H13Cl2NO3/c18-12-6-5-11(9-13(12)19)10-22-17(21)8-7-16-20-14-3-1-2-4-15(14)23-16/h1-6,9H,7-8,10H2. The van der Waals surface area contributed by atoms with E-state index in [0.717, 1.165) is 11.1 Å². The predicted molar refractivity (Wildman–Crippen MR) is 88.6 cm³/mol. The van der Waals surface area contributed by atoms with Crippen molar-refractivity contribution in [2.45, 2.75) is 19.4 Å². The van der Waals surface area contributed by atoms with Gasteiger partial charge in [-0.3, -0.25) is 4.79 Å². The predicted octanol–water partition coefficient (Wildman–Crippen LogP) is 4.81. The molecule has 0 bridgehead atoms. The van der Waals surface area contributed by atoms with Crippen LogP contribution < -0.4 is 0 Å². The number of hydrogen-bond acceptors (Lipinski definition) is 4. The van der Waals surface area contributed by atoms with Gasteiger partial charge < -0.3 is 9.15 Å². The van der Waals surface area contributed by atoms with Gasteiger partial charge in [-0.05, 0) is 29.8 Å². The van der Waals surface area contributed by atoms with Crippen molar-refractivity contribution in [1.82, 2.24) is 4.98 Å². The molecular weight excluding hydrogens is 337 g/mol. The Bertz CT molecular complexity index is 812. The van der Waals surface area contributed by atoms with Gasteiger partial charge in [0, 0.05) is 6.42 Å². The number of nitrogens with zero attached hydrogens (tertiary/aromatic N) is 1. The maximum atomic E-state index is 11.8. The van der Waals surface area contributed by atoms with E-state index in [2.05, 4.69) is 4.98 Å². The number of aromatic nitrogens is 1. The van der Waals surface area contributed by atoms with Crippen LogP contribution in [0.25, 0.3) is 11.1 Å². The second-order valence-electron chi connectivity index (χ2n) is 4.98. The highest BCUT2D eigenvalue weighted by Gasteiger charge is 2.10. The molecule has 4 nitrogen and oxygen atoms in total. The maximum absolute atomic E-state index is 11.8. The molecule has 3 rings (SSSR count). The summed E-state index contributed by atoms with van der Waals surface area (Å²) in [5.74, 6) is 0.205. The lowest BCUT2D eigenvalue weighted by Crippen LogP contribution is -2.06. The molecule has 0 spiro atoms. The number of oxazole rings is 1. The van der Waals surface area contributed by atoms with Gasteiger partial charge in [-0.15, -0.1) is 0 Å². The van der Waals surface area contributed by atoms with Crippen LogP contribution in [0.3, 0.4) is 0 Å². The first kappa shape index (κ1) is 15.8. The van der Waals surface area contributed by atoms with Gasteiger partial charge in [0.05, 0.1) is 16.5 Å². The Hall–Kier alpha value is -2.04. The summed E-state index contributed by atoms with van der Waals surface area (Å²) in [6, 6.07) is 12.6. The van der Waals surface area contributed by atoms with Crippen LogP contribution in [0.15, 0.2) is 46.9 Å². The number of aryl methyl sites for hydroxylation is 1. The Labute approximate surface area is 143 Å². The molecule has 6 heteroatoms. The molecule has 2 aromatic carbocycles. The third-order valence-corrected chi connectivity index (χ3v) is 4.00. The molecule has 0 amide bonds. The Kier molecular flexibility index (Phi) is 4.84. The van der Waals surface area contributed by atoms with Gasteiger partial charge >= 0.3 is 5.97 Å². The molecule has 0 saturated carbocycles. The summed E-state index contributed by atoms with van der Waals surface area (Å²) in [6.45, 7) is 0.156. The number of fused-ring (bicyclic) bond motifs is 1. The Morgan fingerprint density at radius 3 is 2.74 bits per heavy atom. The first-order valence-corrected chi connectivity index (χ1v) is 7.81. The molecule has 0 aliphatic carbocycles. The van der Waals surface area contributed by atoms with E-state index >= 15 is 0 Å². The summed E-state index contributed by atoms with van der Waals surface area (Å²) >= 11 is 11.8. The quantitative estimate of drug-likeness (QED) is 0.620. The lowest BCUT2D eigenvalue weighted by atomic mass is 10.2. The normalized spacial score (nSPS) is 10.9. The highest BCUT2D eigenvalue weighted by atomic mass is 35.5. The molecule has 0 N–H and O–H groups in total. The molecule has 0 unspecified atom stereocenters. The highest BCUT2D eigenvalue weighted by Crippen LogP contribution is 2.23. The van der Waals surface area contributed by atoms with E-state index in [-0.39, 0.29) is 19.0 Å². The fourth-order valence-electron chi connectivity index (χ4n) is 2.10. The third-order valence-electron chi connectivity index (χ3n) is 3.27. The van der Waals surface area contributed by atoms with Crippen molar-refractivity contribution in [3.05, 3.63) is 64.0 Å². The minimum absolute atomic E-state index is 0.156. The minimum atomic E-state index is -0.321. The van der Waals surface area contributed by atoms with E-state index in [1.807, 2.05) is 24.3 Å². The van der Waals surface area contributed by atoms with Gasteiger partial charge in [0.15, 0.2) is 11.5 Å². The number of benzene rings is 2. The second kappa shape index (κ2) is 7.02. The number of hydrogen-bond donors (Lipinski definition) is 0. The zero-order chi connectivity index (χ0) is 16.2. The summed E-state index contributed by atoms with van der Waals surface area (Å²) < 4.78 is 10.8. The zero-order valence-corrected chi connectivity index (χ0v) is 13.6. The van der Waals surface area contributed by atoms with Crippen molar-refractivity contribution in [1.29, 1.82) is 0 Å². The number of carbonyl (C=O) groups is 1. The van der Waals surface area contributed by atoms with Crippen LogP contribution in [0.4, 0.5) is 0 Å². The van der Waals surface area contributed by atoms with Gasteiger partial charge in [-0.25, -0.2) is 4.98 Å². The molecule has 0 radical (unpaired) electrons. The van der Waals surface area contributed by atoms with Crippen molar-refractivity contribution in [2.24, 2.45) is 0 Å². The zero-order valence-electron chi connectivity index (χ0n) is 12.1. The molecule has 23 heavy (non-hydrogen) atoms. The Morgan fingerprint density at radius 2 is 1.96 bits per heavy atom. The van der Waals surface area contributed by atoms with Crippen molar-refractivity contribution in [3.63, 3.8) is 0 Å². The number of ether oxygens (including phenoxy) is 1. The van der Waals surface area contributed by atoms with Crippen LogP contribution in [0.2, 0.25) is 10.0 Å². The van der Waals surface area contributed by atoms with Crippen molar-refractivity contribution >= 4 is 40.3 Å². The van der Waals surface area contributed by atoms with Crippen LogP contribution in [0.5, 0.6) is 0 Å². The molecule has 3 aromatic rings. The molecule has 0 aliphatic heterocycles. The van der Waals surface area contributed by atoms with Crippen LogP contribution in [0, 0.1) is 0 Å². The van der Waals surface area contributed by atoms with Crippen molar-refractivity contribution < 1.29 is 13.9 Å². The molecule has 0 aliphatic rings. The summed E-state index contributed by atoms with van der Waals surface area (Å²) in [7, 11) is 0. The first-order chi connectivity index (χ1) is 11.1. The molecule has 0 fully saturated rings. The lowest BCUT2D eigenvalue weighted by Gasteiger charge is -2.05. The minimum Gasteiger partial charge on any atom is -0.461 e. The number of rotatable bonds is 5. The monoisotopic (exact) mass is 349 g/mol. The van der Waals surface area contributed by atoms with Crippen molar-refractivity contribution in [2.75, 3.05) is 0 Å². The lowest BCUT2D eigenvalue weighted by molar-refractivity contribution is -0.145. The molecular formula is C17H13Cl2NO3. The highest BCUT2D eigenvalue weighted by molar-refractivity contribution is 6.42.